The fourth-order valence-corrected chi connectivity index (χ4v) is 2.85. The van der Waals surface area contributed by atoms with Crippen molar-refractivity contribution < 1.29 is 19.1 Å². The Labute approximate surface area is 147 Å². The van der Waals surface area contributed by atoms with Gasteiger partial charge in [-0.05, 0) is 57.9 Å². The van der Waals surface area contributed by atoms with Crippen LogP contribution in [0.3, 0.4) is 0 Å². The number of ketones is 1. The minimum Gasteiger partial charge on any atom is -0.507 e. The second kappa shape index (κ2) is 7.03. The van der Waals surface area contributed by atoms with Crippen LogP contribution in [0.15, 0.2) is 57.4 Å². The zero-order valence-electron chi connectivity index (χ0n) is 13.0. The summed E-state index contributed by atoms with van der Waals surface area (Å²) in [5.41, 5.74) is 1.86. The fraction of sp³-hybridized carbons (Fsp3) is 0.105. The summed E-state index contributed by atoms with van der Waals surface area (Å²) >= 11 is 3.25. The van der Waals surface area contributed by atoms with Crippen molar-refractivity contribution >= 4 is 38.8 Å². The van der Waals surface area contributed by atoms with Gasteiger partial charge in [-0.25, -0.2) is 0 Å². The van der Waals surface area contributed by atoms with Gasteiger partial charge in [-0.3, -0.25) is 4.79 Å². The molecule has 0 aliphatic heterocycles. The third kappa shape index (κ3) is 3.42. The van der Waals surface area contributed by atoms with E-state index in [1.165, 1.54) is 6.08 Å². The number of benzene rings is 2. The monoisotopic (exact) mass is 386 g/mol. The van der Waals surface area contributed by atoms with Crippen molar-refractivity contribution in [3.05, 3.63) is 69.9 Å². The normalized spacial score (nSPS) is 11.4. The van der Waals surface area contributed by atoms with E-state index in [9.17, 15) is 9.90 Å². The van der Waals surface area contributed by atoms with E-state index in [1.807, 2.05) is 30.3 Å². The molecule has 24 heavy (non-hydrogen) atoms. The Hall–Kier alpha value is -2.37. The number of halogens is 1. The Morgan fingerprint density at radius 3 is 2.83 bits per heavy atom. The van der Waals surface area contributed by atoms with Gasteiger partial charge in [0.05, 0.1) is 11.1 Å². The van der Waals surface area contributed by atoms with Crippen molar-refractivity contribution in [2.45, 2.75) is 6.61 Å². The number of furan rings is 1. The number of hydrogen-bond donors (Lipinski definition) is 1. The molecule has 0 fully saturated rings. The van der Waals surface area contributed by atoms with Crippen molar-refractivity contribution in [3.63, 3.8) is 0 Å². The van der Waals surface area contributed by atoms with Gasteiger partial charge >= 0.3 is 0 Å². The number of fused-ring (bicyclic) bond motifs is 1. The Balaban J connectivity index is 1.88. The van der Waals surface area contributed by atoms with Crippen LogP contribution in [0.25, 0.3) is 17.0 Å². The summed E-state index contributed by atoms with van der Waals surface area (Å²) in [5.74, 6) is 0.360. The van der Waals surface area contributed by atoms with E-state index in [2.05, 4.69) is 15.9 Å². The number of phenols is 1. The predicted octanol–water partition coefficient (Wildman–Crippen LogP) is 4.94. The van der Waals surface area contributed by atoms with Gasteiger partial charge in [-0.1, -0.05) is 18.2 Å². The molecule has 0 aliphatic carbocycles. The molecule has 3 aromatic rings. The second-order valence-electron chi connectivity index (χ2n) is 5.29. The van der Waals surface area contributed by atoms with Crippen LogP contribution in [0.2, 0.25) is 0 Å². The summed E-state index contributed by atoms with van der Waals surface area (Å²) < 4.78 is 11.1. The quantitative estimate of drug-likeness (QED) is 0.498. The molecule has 3 rings (SSSR count). The summed E-state index contributed by atoms with van der Waals surface area (Å²) in [6, 6.07) is 12.8. The van der Waals surface area contributed by atoms with Crippen LogP contribution in [0.1, 0.15) is 21.7 Å². The molecule has 2 aromatic carbocycles. The molecule has 4 nitrogen and oxygen atoms in total. The zero-order chi connectivity index (χ0) is 17.1. The summed E-state index contributed by atoms with van der Waals surface area (Å²) in [5, 5.41) is 10.9. The van der Waals surface area contributed by atoms with E-state index in [0.717, 1.165) is 16.5 Å². The minimum absolute atomic E-state index is 0.00466. The molecule has 0 bridgehead atoms. The molecule has 0 radical (unpaired) electrons. The first-order chi connectivity index (χ1) is 11.6. The molecule has 0 aliphatic rings. The lowest BCUT2D eigenvalue weighted by Crippen LogP contribution is -1.99. The van der Waals surface area contributed by atoms with Gasteiger partial charge in [0.1, 0.15) is 17.1 Å². The Kier molecular flexibility index (Phi) is 4.83. The first-order valence-corrected chi connectivity index (χ1v) is 8.09. The maximum Gasteiger partial charge on any atom is 0.187 e. The highest BCUT2D eigenvalue weighted by molar-refractivity contribution is 9.10. The van der Waals surface area contributed by atoms with E-state index in [1.54, 1.807) is 25.3 Å². The topological polar surface area (TPSA) is 59.7 Å². The lowest BCUT2D eigenvalue weighted by molar-refractivity contribution is 0.104. The van der Waals surface area contributed by atoms with Crippen LogP contribution in [-0.4, -0.2) is 18.0 Å². The van der Waals surface area contributed by atoms with Crippen molar-refractivity contribution in [3.8, 4) is 5.75 Å². The van der Waals surface area contributed by atoms with E-state index in [0.29, 0.717) is 22.4 Å². The molecular weight excluding hydrogens is 372 g/mol. The number of methoxy groups -OCH3 is 1. The molecule has 0 spiro atoms. The van der Waals surface area contributed by atoms with Crippen LogP contribution in [0, 0.1) is 0 Å². The summed E-state index contributed by atoms with van der Waals surface area (Å²) in [4.78, 5) is 12.5. The molecule has 0 atom stereocenters. The van der Waals surface area contributed by atoms with Crippen LogP contribution in [0.4, 0.5) is 0 Å². The largest absolute Gasteiger partial charge is 0.507 e. The fourth-order valence-electron chi connectivity index (χ4n) is 2.43. The van der Waals surface area contributed by atoms with Crippen molar-refractivity contribution in [2.24, 2.45) is 0 Å². The highest BCUT2D eigenvalue weighted by Gasteiger charge is 2.13. The number of carbonyl (C=O) groups is 1. The number of phenolic OH excluding ortho intramolecular Hbond substituents is 1. The lowest BCUT2D eigenvalue weighted by Gasteiger charge is -2.07. The average Bonchev–Trinajstić information content (AvgIpc) is 2.99. The summed E-state index contributed by atoms with van der Waals surface area (Å²) in [6.45, 7) is 0.314. The SMILES string of the molecule is COCc1cc(O)c(Br)c(C(=O)/C=C/c2cc3ccccc3o2)c1. The third-order valence-corrected chi connectivity index (χ3v) is 4.37. The van der Waals surface area contributed by atoms with Crippen LogP contribution >= 0.6 is 15.9 Å². The molecule has 5 heteroatoms. The van der Waals surface area contributed by atoms with Gasteiger partial charge in [0, 0.05) is 18.1 Å². The van der Waals surface area contributed by atoms with Crippen LogP contribution < -0.4 is 0 Å². The van der Waals surface area contributed by atoms with Gasteiger partial charge in [0.2, 0.25) is 0 Å². The Morgan fingerprint density at radius 2 is 2.08 bits per heavy atom. The number of para-hydroxylation sites is 1. The highest BCUT2D eigenvalue weighted by Crippen LogP contribution is 2.30. The predicted molar refractivity (Wildman–Crippen MR) is 96.1 cm³/mol. The smallest absolute Gasteiger partial charge is 0.187 e. The van der Waals surface area contributed by atoms with Gasteiger partial charge in [0.25, 0.3) is 0 Å². The van der Waals surface area contributed by atoms with E-state index >= 15 is 0 Å². The maximum absolute atomic E-state index is 12.5. The number of aromatic hydroxyl groups is 1. The number of ether oxygens (including phenoxy) is 1. The van der Waals surface area contributed by atoms with Crippen molar-refractivity contribution in [1.82, 2.24) is 0 Å². The number of allylic oxidation sites excluding steroid dienone is 1. The molecule has 122 valence electrons. The molecule has 0 saturated carbocycles. The Bertz CT molecular complexity index is 891. The molecule has 0 unspecified atom stereocenters. The van der Waals surface area contributed by atoms with Gasteiger partial charge in [-0.2, -0.15) is 0 Å². The maximum atomic E-state index is 12.5. The Morgan fingerprint density at radius 1 is 1.29 bits per heavy atom. The number of carbonyl (C=O) groups excluding carboxylic acids is 1. The number of rotatable bonds is 5. The summed E-state index contributed by atoms with van der Waals surface area (Å²) in [7, 11) is 1.56. The van der Waals surface area contributed by atoms with E-state index in [4.69, 9.17) is 9.15 Å². The van der Waals surface area contributed by atoms with Gasteiger partial charge in [0.15, 0.2) is 5.78 Å². The van der Waals surface area contributed by atoms with Crippen LogP contribution in [-0.2, 0) is 11.3 Å². The highest BCUT2D eigenvalue weighted by atomic mass is 79.9. The molecular formula is C19H15BrO4. The van der Waals surface area contributed by atoms with Crippen molar-refractivity contribution in [1.29, 1.82) is 0 Å². The average molecular weight is 387 g/mol. The molecule has 0 saturated heterocycles. The van der Waals surface area contributed by atoms with Gasteiger partial charge in [-0.15, -0.1) is 0 Å². The van der Waals surface area contributed by atoms with Gasteiger partial charge < -0.3 is 14.3 Å². The van der Waals surface area contributed by atoms with Crippen LogP contribution in [0.5, 0.6) is 5.75 Å². The first kappa shape index (κ1) is 16.5. The molecule has 1 aromatic heterocycles. The lowest BCUT2D eigenvalue weighted by atomic mass is 10.1. The zero-order valence-corrected chi connectivity index (χ0v) is 14.5. The number of hydrogen-bond acceptors (Lipinski definition) is 4. The molecule has 1 N–H and O–H groups in total. The first-order valence-electron chi connectivity index (χ1n) is 7.30. The molecule has 1 heterocycles. The van der Waals surface area contributed by atoms with Crippen molar-refractivity contribution in [2.75, 3.05) is 7.11 Å². The van der Waals surface area contributed by atoms with E-state index < -0.39 is 0 Å². The standard InChI is InChI=1S/C19H15BrO4/c1-23-11-12-8-15(19(20)17(22)9-12)16(21)7-6-14-10-13-4-2-3-5-18(13)24-14/h2-10,22H,11H2,1H3/b7-6+. The third-order valence-electron chi connectivity index (χ3n) is 3.53. The second-order valence-corrected chi connectivity index (χ2v) is 6.09. The summed E-state index contributed by atoms with van der Waals surface area (Å²) in [6.07, 6.45) is 3.04. The molecule has 0 amide bonds. The minimum atomic E-state index is -0.240. The van der Waals surface area contributed by atoms with E-state index in [-0.39, 0.29) is 11.5 Å².